The molecule has 2 rings (SSSR count). The minimum atomic E-state index is -0.610. The molecule has 1 aromatic rings. The van der Waals surface area contributed by atoms with Crippen molar-refractivity contribution in [2.45, 2.75) is 31.7 Å². The lowest BCUT2D eigenvalue weighted by molar-refractivity contribution is 0.410. The predicted octanol–water partition coefficient (Wildman–Crippen LogP) is 3.37. The molecular weight excluding hydrogens is 229 g/mol. The molecule has 1 aliphatic carbocycles. The molecule has 16 heavy (non-hydrogen) atoms. The maximum atomic E-state index is 13.1. The van der Waals surface area contributed by atoms with Crippen molar-refractivity contribution in [3.63, 3.8) is 0 Å². The second-order valence-electron chi connectivity index (χ2n) is 4.37. The number of phenols is 1. The van der Waals surface area contributed by atoms with E-state index in [1.165, 1.54) is 25.0 Å². The van der Waals surface area contributed by atoms with Crippen molar-refractivity contribution in [1.82, 2.24) is 0 Å². The Morgan fingerprint density at radius 2 is 2.00 bits per heavy atom. The number of halogens is 2. The van der Waals surface area contributed by atoms with Gasteiger partial charge in [0, 0.05) is 11.6 Å². The molecule has 1 aliphatic rings. The molecular formula is C12H15ClFNO. The molecule has 1 fully saturated rings. The molecule has 0 aromatic heterocycles. The van der Waals surface area contributed by atoms with Gasteiger partial charge >= 0.3 is 0 Å². The first kappa shape index (κ1) is 11.7. The Bertz CT molecular complexity index is 391. The molecule has 1 saturated carbocycles. The first-order chi connectivity index (χ1) is 7.61. The highest BCUT2D eigenvalue weighted by atomic mass is 35.5. The third kappa shape index (κ3) is 2.02. The Balaban J connectivity index is 2.29. The highest BCUT2D eigenvalue weighted by Crippen LogP contribution is 2.40. The Morgan fingerprint density at radius 1 is 1.38 bits per heavy atom. The second-order valence-corrected chi connectivity index (χ2v) is 4.75. The van der Waals surface area contributed by atoms with Crippen molar-refractivity contribution in [3.05, 3.63) is 28.5 Å². The van der Waals surface area contributed by atoms with Gasteiger partial charge in [0.15, 0.2) is 0 Å². The quantitative estimate of drug-likeness (QED) is 0.837. The van der Waals surface area contributed by atoms with E-state index in [1.54, 1.807) is 0 Å². The van der Waals surface area contributed by atoms with Crippen LogP contribution in [-0.2, 0) is 0 Å². The zero-order valence-corrected chi connectivity index (χ0v) is 9.67. The Morgan fingerprint density at radius 3 is 2.62 bits per heavy atom. The van der Waals surface area contributed by atoms with Crippen LogP contribution in [0.2, 0.25) is 5.02 Å². The lowest BCUT2D eigenvalue weighted by Gasteiger charge is -2.20. The van der Waals surface area contributed by atoms with Crippen molar-refractivity contribution in [2.75, 3.05) is 0 Å². The molecule has 0 saturated heterocycles. The topological polar surface area (TPSA) is 46.2 Å². The van der Waals surface area contributed by atoms with Gasteiger partial charge in [-0.25, -0.2) is 4.39 Å². The van der Waals surface area contributed by atoms with E-state index < -0.39 is 5.82 Å². The molecule has 1 aromatic carbocycles. The minimum Gasteiger partial charge on any atom is -0.506 e. The molecule has 3 N–H and O–H groups in total. The Hall–Kier alpha value is -0.800. The number of aromatic hydroxyl groups is 1. The van der Waals surface area contributed by atoms with E-state index in [1.807, 2.05) is 0 Å². The van der Waals surface area contributed by atoms with E-state index in [0.717, 1.165) is 12.8 Å². The van der Waals surface area contributed by atoms with Gasteiger partial charge in [0.1, 0.15) is 16.6 Å². The van der Waals surface area contributed by atoms with Crippen LogP contribution in [0.15, 0.2) is 12.1 Å². The summed E-state index contributed by atoms with van der Waals surface area (Å²) in [4.78, 5) is 0. The van der Waals surface area contributed by atoms with E-state index >= 15 is 0 Å². The summed E-state index contributed by atoms with van der Waals surface area (Å²) in [6.45, 7) is 0. The fourth-order valence-corrected chi connectivity index (χ4v) is 2.57. The van der Waals surface area contributed by atoms with Gasteiger partial charge in [-0.05, 0) is 24.8 Å². The molecule has 0 unspecified atom stereocenters. The summed E-state index contributed by atoms with van der Waals surface area (Å²) in [6.07, 6.45) is 4.48. The zero-order valence-electron chi connectivity index (χ0n) is 8.92. The third-order valence-corrected chi connectivity index (χ3v) is 3.73. The molecule has 0 amide bonds. The average molecular weight is 244 g/mol. The van der Waals surface area contributed by atoms with Gasteiger partial charge in [-0.2, -0.15) is 0 Å². The standard InChI is InChI=1S/C12H15ClFNO/c13-10-9(14)6-5-8(12(10)16)11(15)7-3-1-2-4-7/h5-7,11,16H,1-4,15H2/t11-/m0/s1. The number of phenolic OH excluding ortho intramolecular Hbond substituents is 1. The van der Waals surface area contributed by atoms with Crippen LogP contribution in [0, 0.1) is 11.7 Å². The van der Waals surface area contributed by atoms with E-state index in [4.69, 9.17) is 17.3 Å². The molecule has 0 bridgehead atoms. The summed E-state index contributed by atoms with van der Waals surface area (Å²) in [6, 6.07) is 2.53. The smallest absolute Gasteiger partial charge is 0.145 e. The van der Waals surface area contributed by atoms with Crippen LogP contribution in [0.25, 0.3) is 0 Å². The number of hydrogen-bond acceptors (Lipinski definition) is 2. The van der Waals surface area contributed by atoms with Crippen LogP contribution in [0.5, 0.6) is 5.75 Å². The summed E-state index contributed by atoms with van der Waals surface area (Å²) in [5, 5.41) is 9.53. The van der Waals surface area contributed by atoms with Gasteiger partial charge in [-0.1, -0.05) is 30.5 Å². The SMILES string of the molecule is N[C@H](c1ccc(F)c(Cl)c1O)C1CCCC1. The largest absolute Gasteiger partial charge is 0.506 e. The van der Waals surface area contributed by atoms with E-state index in [2.05, 4.69) is 0 Å². The maximum absolute atomic E-state index is 13.1. The average Bonchev–Trinajstić information content (AvgIpc) is 2.79. The third-order valence-electron chi connectivity index (χ3n) is 3.37. The summed E-state index contributed by atoms with van der Waals surface area (Å²) in [5.74, 6) is -0.449. The molecule has 2 nitrogen and oxygen atoms in total. The molecule has 4 heteroatoms. The highest BCUT2D eigenvalue weighted by molar-refractivity contribution is 6.32. The van der Waals surface area contributed by atoms with Gasteiger partial charge < -0.3 is 10.8 Å². The van der Waals surface area contributed by atoms with E-state index in [-0.39, 0.29) is 16.8 Å². The van der Waals surface area contributed by atoms with Crippen LogP contribution in [0.3, 0.4) is 0 Å². The second kappa shape index (κ2) is 4.60. The van der Waals surface area contributed by atoms with Gasteiger partial charge in [-0.15, -0.1) is 0 Å². The van der Waals surface area contributed by atoms with E-state index in [9.17, 15) is 9.50 Å². The summed E-state index contributed by atoms with van der Waals surface area (Å²) >= 11 is 5.65. The normalized spacial score (nSPS) is 18.9. The lowest BCUT2D eigenvalue weighted by atomic mass is 9.92. The first-order valence-corrected chi connectivity index (χ1v) is 5.91. The number of rotatable bonds is 2. The molecule has 0 heterocycles. The molecule has 0 aliphatic heterocycles. The summed E-state index contributed by atoms with van der Waals surface area (Å²) in [7, 11) is 0. The maximum Gasteiger partial charge on any atom is 0.145 e. The van der Waals surface area contributed by atoms with Gasteiger partial charge in [-0.3, -0.25) is 0 Å². The lowest BCUT2D eigenvalue weighted by Crippen LogP contribution is -2.19. The first-order valence-electron chi connectivity index (χ1n) is 5.53. The predicted molar refractivity (Wildman–Crippen MR) is 62.0 cm³/mol. The van der Waals surface area contributed by atoms with Crippen LogP contribution in [0.1, 0.15) is 37.3 Å². The number of nitrogens with two attached hydrogens (primary N) is 1. The van der Waals surface area contributed by atoms with Crippen molar-refractivity contribution in [1.29, 1.82) is 0 Å². The van der Waals surface area contributed by atoms with Gasteiger partial charge in [0.05, 0.1) is 0 Å². The fraction of sp³-hybridized carbons (Fsp3) is 0.500. The van der Waals surface area contributed by atoms with E-state index in [0.29, 0.717) is 11.5 Å². The number of hydrogen-bond donors (Lipinski definition) is 2. The van der Waals surface area contributed by atoms with Crippen LogP contribution >= 0.6 is 11.6 Å². The molecule has 0 spiro atoms. The molecule has 1 atom stereocenters. The summed E-state index contributed by atoms with van der Waals surface area (Å²) in [5.41, 5.74) is 6.63. The van der Waals surface area contributed by atoms with Crippen molar-refractivity contribution in [2.24, 2.45) is 11.7 Å². The number of benzene rings is 1. The fourth-order valence-electron chi connectivity index (χ4n) is 2.39. The monoisotopic (exact) mass is 243 g/mol. The summed E-state index contributed by atoms with van der Waals surface area (Å²) < 4.78 is 13.1. The van der Waals surface area contributed by atoms with Crippen LogP contribution in [-0.4, -0.2) is 5.11 Å². The van der Waals surface area contributed by atoms with Gasteiger partial charge in [0.25, 0.3) is 0 Å². The zero-order chi connectivity index (χ0) is 11.7. The molecule has 88 valence electrons. The van der Waals surface area contributed by atoms with Crippen LogP contribution in [0.4, 0.5) is 4.39 Å². The highest BCUT2D eigenvalue weighted by Gasteiger charge is 2.26. The van der Waals surface area contributed by atoms with Gasteiger partial charge in [0.2, 0.25) is 0 Å². The van der Waals surface area contributed by atoms with Crippen molar-refractivity contribution < 1.29 is 9.50 Å². The Labute approximate surface area is 99.2 Å². The minimum absolute atomic E-state index is 0.207. The van der Waals surface area contributed by atoms with Crippen molar-refractivity contribution >= 4 is 11.6 Å². The molecule has 0 radical (unpaired) electrons. The Kier molecular flexibility index (Phi) is 3.36. The van der Waals surface area contributed by atoms with Crippen molar-refractivity contribution in [3.8, 4) is 5.75 Å². The van der Waals surface area contributed by atoms with Crippen LogP contribution < -0.4 is 5.73 Å².